The van der Waals surface area contributed by atoms with Crippen LogP contribution in [0.4, 0.5) is 0 Å². The average Bonchev–Trinajstić information content (AvgIpc) is 2.05. The number of rotatable bonds is 0. The summed E-state index contributed by atoms with van der Waals surface area (Å²) in [5, 5.41) is 0. The van der Waals surface area contributed by atoms with Gasteiger partial charge in [0.15, 0.2) is 0 Å². The van der Waals surface area contributed by atoms with Crippen LogP contribution in [-0.2, 0) is 0 Å². The van der Waals surface area contributed by atoms with Gasteiger partial charge < -0.3 is 0 Å². The number of fused-ring (bicyclic) bond motifs is 1. The first-order valence-electron chi connectivity index (χ1n) is 3.69. The van der Waals surface area contributed by atoms with Gasteiger partial charge in [0.05, 0.1) is 0 Å². The average molecular weight is 134 g/mol. The monoisotopic (exact) mass is 134 g/mol. The zero-order valence-corrected chi connectivity index (χ0v) is 5.83. The largest absolute Gasteiger partial charge is 0.292 e. The molecule has 0 aliphatic carbocycles. The summed E-state index contributed by atoms with van der Waals surface area (Å²) in [4.78, 5) is 8.48. The van der Waals surface area contributed by atoms with Crippen molar-refractivity contribution >= 4 is 12.4 Å². The molecule has 1 unspecified atom stereocenters. The summed E-state index contributed by atoms with van der Waals surface area (Å²) in [6.45, 7) is 0.948. The van der Waals surface area contributed by atoms with E-state index in [1.54, 1.807) is 0 Å². The van der Waals surface area contributed by atoms with Gasteiger partial charge in [-0.3, -0.25) is 9.98 Å². The Morgan fingerprint density at radius 3 is 3.40 bits per heavy atom. The first-order chi connectivity index (χ1) is 4.97. The number of nitrogens with zero attached hydrogens (tertiary/aromatic N) is 2. The van der Waals surface area contributed by atoms with Crippen LogP contribution >= 0.6 is 0 Å². The van der Waals surface area contributed by atoms with E-state index in [0.717, 1.165) is 13.0 Å². The van der Waals surface area contributed by atoms with Crippen molar-refractivity contribution < 1.29 is 0 Å². The van der Waals surface area contributed by atoms with Crippen LogP contribution < -0.4 is 0 Å². The van der Waals surface area contributed by atoms with Crippen molar-refractivity contribution in [3.05, 3.63) is 11.8 Å². The Kier molecular flexibility index (Phi) is 1.38. The van der Waals surface area contributed by atoms with Gasteiger partial charge >= 0.3 is 0 Å². The summed E-state index contributed by atoms with van der Waals surface area (Å²) in [5.41, 5.74) is 1.22. The topological polar surface area (TPSA) is 24.7 Å². The van der Waals surface area contributed by atoms with E-state index in [-0.39, 0.29) is 0 Å². The minimum atomic E-state index is 0.620. The second-order valence-electron chi connectivity index (χ2n) is 2.69. The molecule has 2 nitrogen and oxygen atoms in total. The molecule has 2 aliphatic heterocycles. The molecule has 0 aromatic carbocycles. The van der Waals surface area contributed by atoms with E-state index >= 15 is 0 Å². The van der Waals surface area contributed by atoms with Crippen LogP contribution in [0, 0.1) is 5.92 Å². The second-order valence-corrected chi connectivity index (χ2v) is 2.69. The van der Waals surface area contributed by atoms with Crippen molar-refractivity contribution in [3.8, 4) is 0 Å². The molecule has 2 heterocycles. The summed E-state index contributed by atoms with van der Waals surface area (Å²) < 4.78 is 0. The molecule has 0 amide bonds. The third-order valence-electron chi connectivity index (χ3n) is 1.98. The minimum absolute atomic E-state index is 0.620. The molecule has 0 N–H and O–H groups in total. The van der Waals surface area contributed by atoms with Crippen LogP contribution in [0.2, 0.25) is 0 Å². The molecule has 0 saturated heterocycles. The quantitative estimate of drug-likeness (QED) is 0.479. The fourth-order valence-electron chi connectivity index (χ4n) is 1.38. The first-order valence-corrected chi connectivity index (χ1v) is 3.69. The van der Waals surface area contributed by atoms with Gasteiger partial charge in [0, 0.05) is 30.6 Å². The molecule has 0 saturated carbocycles. The molecule has 2 rings (SSSR count). The maximum absolute atomic E-state index is 4.30. The Bertz CT molecular complexity index is 213. The van der Waals surface area contributed by atoms with Gasteiger partial charge in [0.25, 0.3) is 0 Å². The highest BCUT2D eigenvalue weighted by atomic mass is 14.8. The minimum Gasteiger partial charge on any atom is -0.292 e. The van der Waals surface area contributed by atoms with Gasteiger partial charge in [-0.2, -0.15) is 0 Å². The molecular weight excluding hydrogens is 124 g/mol. The van der Waals surface area contributed by atoms with E-state index < -0.39 is 0 Å². The Morgan fingerprint density at radius 2 is 2.50 bits per heavy atom. The van der Waals surface area contributed by atoms with Crippen molar-refractivity contribution in [1.82, 2.24) is 0 Å². The van der Waals surface area contributed by atoms with E-state index in [0.29, 0.717) is 5.92 Å². The summed E-state index contributed by atoms with van der Waals surface area (Å²) in [6, 6.07) is 0. The Labute approximate surface area is 60.4 Å². The highest BCUT2D eigenvalue weighted by molar-refractivity contribution is 5.75. The third-order valence-corrected chi connectivity index (χ3v) is 1.98. The molecule has 0 bridgehead atoms. The number of hydrogen-bond donors (Lipinski definition) is 0. The lowest BCUT2D eigenvalue weighted by Crippen LogP contribution is -2.14. The summed E-state index contributed by atoms with van der Waals surface area (Å²) in [5.74, 6) is 0.620. The van der Waals surface area contributed by atoms with Crippen LogP contribution in [0.5, 0.6) is 0 Å². The zero-order valence-electron chi connectivity index (χ0n) is 5.83. The number of aliphatic imine (C=N–C) groups is 2. The summed E-state index contributed by atoms with van der Waals surface area (Å²) in [6.07, 6.45) is 8.23. The van der Waals surface area contributed by atoms with Crippen molar-refractivity contribution in [1.29, 1.82) is 0 Å². The fraction of sp³-hybridized carbons (Fsp3) is 0.500. The van der Waals surface area contributed by atoms with E-state index in [4.69, 9.17) is 0 Å². The smallest absolute Gasteiger partial charge is 0.0473 e. The van der Waals surface area contributed by atoms with E-state index in [9.17, 15) is 0 Å². The molecule has 52 valence electrons. The molecule has 10 heavy (non-hydrogen) atoms. The van der Waals surface area contributed by atoms with Gasteiger partial charge in [0.1, 0.15) is 0 Å². The Hall–Kier alpha value is -0.920. The number of allylic oxidation sites excluding steroid dienone is 1. The van der Waals surface area contributed by atoms with Crippen LogP contribution in [0.3, 0.4) is 0 Å². The van der Waals surface area contributed by atoms with Crippen LogP contribution in [0.25, 0.3) is 0 Å². The maximum atomic E-state index is 4.30. The standard InChI is InChI=1S/C8H10N2/c1-2-7-6-9-5-3-8(7)10-4-1/h3-5,7H,1-2,6H2. The molecule has 0 aromatic rings. The third kappa shape index (κ3) is 0.897. The predicted molar refractivity (Wildman–Crippen MR) is 42.7 cm³/mol. The maximum Gasteiger partial charge on any atom is 0.0473 e. The lowest BCUT2D eigenvalue weighted by molar-refractivity contribution is 0.565. The highest BCUT2D eigenvalue weighted by Crippen LogP contribution is 2.23. The Morgan fingerprint density at radius 1 is 1.50 bits per heavy atom. The normalized spacial score (nSPS) is 29.6. The van der Waals surface area contributed by atoms with Crippen LogP contribution in [0.1, 0.15) is 12.8 Å². The molecule has 0 aromatic heterocycles. The molecule has 2 aliphatic rings. The van der Waals surface area contributed by atoms with E-state index in [1.165, 1.54) is 12.1 Å². The van der Waals surface area contributed by atoms with Gasteiger partial charge in [-0.1, -0.05) is 0 Å². The molecule has 0 fully saturated rings. The van der Waals surface area contributed by atoms with Gasteiger partial charge in [-0.25, -0.2) is 0 Å². The van der Waals surface area contributed by atoms with Crippen molar-refractivity contribution in [2.24, 2.45) is 15.9 Å². The molecule has 0 spiro atoms. The fourth-order valence-corrected chi connectivity index (χ4v) is 1.38. The summed E-state index contributed by atoms with van der Waals surface area (Å²) in [7, 11) is 0. The number of dihydropyridines is 1. The van der Waals surface area contributed by atoms with Gasteiger partial charge in [-0.15, -0.1) is 0 Å². The van der Waals surface area contributed by atoms with Gasteiger partial charge in [0.2, 0.25) is 0 Å². The summed E-state index contributed by atoms with van der Waals surface area (Å²) >= 11 is 0. The SMILES string of the molecule is C1=NCC2CCC=NC2=C1. The van der Waals surface area contributed by atoms with Crippen LogP contribution in [-0.4, -0.2) is 19.0 Å². The van der Waals surface area contributed by atoms with E-state index in [1.807, 2.05) is 18.5 Å². The van der Waals surface area contributed by atoms with E-state index in [2.05, 4.69) is 9.98 Å². The van der Waals surface area contributed by atoms with Gasteiger partial charge in [-0.05, 0) is 18.9 Å². The predicted octanol–water partition coefficient (Wildman–Crippen LogP) is 1.44. The van der Waals surface area contributed by atoms with Crippen LogP contribution in [0.15, 0.2) is 21.8 Å². The van der Waals surface area contributed by atoms with Crippen molar-refractivity contribution in [2.45, 2.75) is 12.8 Å². The van der Waals surface area contributed by atoms with Crippen molar-refractivity contribution in [2.75, 3.05) is 6.54 Å². The zero-order chi connectivity index (χ0) is 6.81. The molecular formula is C8H10N2. The molecule has 0 radical (unpaired) electrons. The lowest BCUT2D eigenvalue weighted by Gasteiger charge is -2.19. The van der Waals surface area contributed by atoms with Crippen molar-refractivity contribution in [3.63, 3.8) is 0 Å². The molecule has 2 heteroatoms. The lowest BCUT2D eigenvalue weighted by atomic mass is 9.96. The highest BCUT2D eigenvalue weighted by Gasteiger charge is 2.16. The molecule has 1 atom stereocenters. The Balaban J connectivity index is 2.27. The number of hydrogen-bond acceptors (Lipinski definition) is 2. The first kappa shape index (κ1) is 5.83. The second kappa shape index (κ2) is 2.37.